The zero-order valence-electron chi connectivity index (χ0n) is 11.8. The van der Waals surface area contributed by atoms with Crippen LogP contribution in [0.2, 0.25) is 0 Å². The second kappa shape index (κ2) is 50.6. The van der Waals surface area contributed by atoms with E-state index >= 15 is 0 Å². The molecule has 0 saturated heterocycles. The Hall–Kier alpha value is 2.32. The molecule has 1 aromatic rings. The minimum atomic E-state index is 0. The van der Waals surface area contributed by atoms with Crippen LogP contribution in [0.1, 0.15) is 40.0 Å². The van der Waals surface area contributed by atoms with Crippen molar-refractivity contribution in [2.45, 2.75) is 40.0 Å². The molecule has 0 atom stereocenters. The summed E-state index contributed by atoms with van der Waals surface area (Å²) in [6.45, 7) is 16.5. The smallest absolute Gasteiger partial charge is 0 e. The summed E-state index contributed by atoms with van der Waals surface area (Å²) in [6.07, 6.45) is 9.66. The SMILES string of the molecule is [CH2-]CC.[CH2-]CC.[CH2-]CC.[Y].[Y].[Y].[c-]1n[c-]n[c-]n1. The van der Waals surface area contributed by atoms with Gasteiger partial charge in [-0.1, -0.05) is 20.8 Å². The van der Waals surface area contributed by atoms with Crippen molar-refractivity contribution < 1.29 is 98.1 Å². The first-order valence-electron chi connectivity index (χ1n) is 4.96. The summed E-state index contributed by atoms with van der Waals surface area (Å²) in [6, 6.07) is 0. The van der Waals surface area contributed by atoms with E-state index in [1.807, 2.05) is 20.8 Å². The van der Waals surface area contributed by atoms with E-state index in [4.69, 9.17) is 0 Å². The first-order valence-corrected chi connectivity index (χ1v) is 4.96. The third-order valence-corrected chi connectivity index (χ3v) is 0.300. The molecule has 0 saturated carbocycles. The molecular formula is C12H21N3Y3-6. The normalized spacial score (nSPS) is 5.67. The van der Waals surface area contributed by atoms with E-state index in [9.17, 15) is 0 Å². The van der Waals surface area contributed by atoms with E-state index in [1.165, 1.54) is 0 Å². The van der Waals surface area contributed by atoms with Gasteiger partial charge in [0.15, 0.2) is 0 Å². The van der Waals surface area contributed by atoms with Crippen molar-refractivity contribution in [3.63, 3.8) is 0 Å². The van der Waals surface area contributed by atoms with Gasteiger partial charge in [-0.3, -0.25) is 0 Å². The van der Waals surface area contributed by atoms with E-state index in [-0.39, 0.29) is 98.1 Å². The molecule has 3 radical (unpaired) electrons. The summed E-state index contributed by atoms with van der Waals surface area (Å²) in [5, 5.41) is 0. The fourth-order valence-corrected chi connectivity index (χ4v) is 0.142. The maximum atomic E-state index is 3.49. The number of hydrogen-bond donors (Lipinski definition) is 0. The van der Waals surface area contributed by atoms with Crippen molar-refractivity contribution in [3.05, 3.63) is 39.8 Å². The Morgan fingerprint density at radius 2 is 0.722 bits per heavy atom. The van der Waals surface area contributed by atoms with Crippen molar-refractivity contribution in [2.75, 3.05) is 0 Å². The van der Waals surface area contributed by atoms with Crippen LogP contribution >= 0.6 is 0 Å². The third-order valence-electron chi connectivity index (χ3n) is 0.300. The molecule has 0 aliphatic carbocycles. The summed E-state index contributed by atoms with van der Waals surface area (Å²) >= 11 is 0. The van der Waals surface area contributed by atoms with Gasteiger partial charge in [0.25, 0.3) is 0 Å². The van der Waals surface area contributed by atoms with Crippen molar-refractivity contribution in [2.24, 2.45) is 0 Å². The van der Waals surface area contributed by atoms with Gasteiger partial charge in [-0.15, -0.1) is 0 Å². The quantitative estimate of drug-likeness (QED) is 0.544. The molecule has 1 heterocycles. The molecular weight excluding hydrogens is 453 g/mol. The second-order valence-corrected chi connectivity index (χ2v) is 2.14. The zero-order valence-corrected chi connectivity index (χ0v) is 20.3. The van der Waals surface area contributed by atoms with E-state index in [2.05, 4.69) is 54.7 Å². The Kier molecular flexibility index (Phi) is 104. The summed E-state index contributed by atoms with van der Waals surface area (Å²) < 4.78 is 0. The fourth-order valence-electron chi connectivity index (χ4n) is 0.142. The Balaban J connectivity index is -0.0000000270. The van der Waals surface area contributed by atoms with Crippen LogP contribution in [0.3, 0.4) is 0 Å². The standard InChI is InChI=1S/C3N3.3C3H7.3Y/c1-4-2-6-3-5-1;3*1-3-2;;;/h;3*1,3H2,2H3;;;/q-3;3*-1;;;. The van der Waals surface area contributed by atoms with Crippen LogP contribution in [0.4, 0.5) is 0 Å². The molecule has 1 rings (SSSR count). The average molecular weight is 474 g/mol. The molecule has 0 N–H and O–H groups in total. The predicted molar refractivity (Wildman–Crippen MR) is 63.3 cm³/mol. The Bertz CT molecular complexity index is 123. The number of hydrogen-bond acceptors (Lipinski definition) is 3. The summed E-state index contributed by atoms with van der Waals surface area (Å²) in [5.74, 6) is 0. The van der Waals surface area contributed by atoms with E-state index in [1.54, 1.807) is 0 Å². The minimum Gasteiger partial charge on any atom is -0.646 e. The molecule has 6 heteroatoms. The molecule has 18 heavy (non-hydrogen) atoms. The predicted octanol–water partition coefficient (Wildman–Crippen LogP) is 2.96. The maximum Gasteiger partial charge on any atom is 0 e. The number of aromatic nitrogens is 3. The van der Waals surface area contributed by atoms with Crippen molar-refractivity contribution in [1.29, 1.82) is 0 Å². The van der Waals surface area contributed by atoms with Crippen LogP contribution in [-0.2, 0) is 98.1 Å². The number of rotatable bonds is 0. The van der Waals surface area contributed by atoms with Crippen LogP contribution in [-0.4, -0.2) is 15.0 Å². The summed E-state index contributed by atoms with van der Waals surface area (Å²) in [4.78, 5) is 9.84. The van der Waals surface area contributed by atoms with E-state index in [0.717, 1.165) is 19.3 Å². The van der Waals surface area contributed by atoms with Gasteiger partial charge < -0.3 is 54.7 Å². The fraction of sp³-hybridized carbons (Fsp3) is 0.500. The zero-order chi connectivity index (χ0) is 12.4. The monoisotopic (exact) mass is 474 g/mol. The second-order valence-electron chi connectivity index (χ2n) is 2.14. The molecule has 0 bridgehead atoms. The van der Waals surface area contributed by atoms with Gasteiger partial charge in [-0.2, -0.15) is 19.3 Å². The molecule has 3 nitrogen and oxygen atoms in total. The minimum absolute atomic E-state index is 0. The summed E-state index contributed by atoms with van der Waals surface area (Å²) in [5.41, 5.74) is 0. The van der Waals surface area contributed by atoms with Gasteiger partial charge in [0.05, 0.1) is 0 Å². The Morgan fingerprint density at radius 3 is 0.778 bits per heavy atom. The summed E-state index contributed by atoms with van der Waals surface area (Å²) in [7, 11) is 0. The molecule has 0 fully saturated rings. The van der Waals surface area contributed by atoms with Crippen LogP contribution in [0.15, 0.2) is 0 Å². The van der Waals surface area contributed by atoms with E-state index in [0.29, 0.717) is 0 Å². The van der Waals surface area contributed by atoms with Gasteiger partial charge in [0, 0.05) is 98.1 Å². The first-order chi connectivity index (χ1) is 7.24. The molecule has 1 aromatic heterocycles. The van der Waals surface area contributed by atoms with Gasteiger partial charge in [-0.25, -0.2) is 0 Å². The topological polar surface area (TPSA) is 38.7 Å². The molecule has 99 valence electrons. The van der Waals surface area contributed by atoms with Gasteiger partial charge in [0.1, 0.15) is 0 Å². The Morgan fingerprint density at radius 1 is 0.611 bits per heavy atom. The van der Waals surface area contributed by atoms with Crippen LogP contribution in [0.25, 0.3) is 0 Å². The van der Waals surface area contributed by atoms with Crippen LogP contribution in [0.5, 0.6) is 0 Å². The third kappa shape index (κ3) is 79.4. The van der Waals surface area contributed by atoms with Gasteiger partial charge >= 0.3 is 0 Å². The molecule has 0 unspecified atom stereocenters. The van der Waals surface area contributed by atoms with Gasteiger partial charge in [0.2, 0.25) is 0 Å². The molecule has 0 aromatic carbocycles. The average Bonchev–Trinajstić information content (AvgIpc) is 2.24. The van der Waals surface area contributed by atoms with E-state index < -0.39 is 0 Å². The largest absolute Gasteiger partial charge is 0.646 e. The van der Waals surface area contributed by atoms with Crippen LogP contribution < -0.4 is 0 Å². The van der Waals surface area contributed by atoms with Gasteiger partial charge in [-0.05, 0) is 0 Å². The van der Waals surface area contributed by atoms with Crippen molar-refractivity contribution >= 4 is 0 Å². The molecule has 0 aliphatic rings. The van der Waals surface area contributed by atoms with Crippen molar-refractivity contribution in [1.82, 2.24) is 15.0 Å². The molecule has 0 aliphatic heterocycles. The number of nitrogens with zero attached hydrogens (tertiary/aromatic N) is 3. The molecule has 0 amide bonds. The maximum absolute atomic E-state index is 3.49. The Labute approximate surface area is 190 Å². The first kappa shape index (κ1) is 37.0. The van der Waals surface area contributed by atoms with Crippen molar-refractivity contribution in [3.8, 4) is 0 Å². The molecule has 0 spiro atoms. The van der Waals surface area contributed by atoms with Crippen LogP contribution in [0, 0.1) is 39.8 Å².